The zero-order valence-corrected chi connectivity index (χ0v) is 14.9. The first-order valence-electron chi connectivity index (χ1n) is 6.90. The summed E-state index contributed by atoms with van der Waals surface area (Å²) < 4.78 is 21.1. The van der Waals surface area contributed by atoms with Crippen molar-refractivity contribution >= 4 is 51.2 Å². The molecule has 22 heavy (non-hydrogen) atoms. The van der Waals surface area contributed by atoms with Gasteiger partial charge in [-0.15, -0.1) is 0 Å². The van der Waals surface area contributed by atoms with Crippen LogP contribution in [0.1, 0.15) is 26.7 Å². The monoisotopic (exact) mass is 437 g/mol. The summed E-state index contributed by atoms with van der Waals surface area (Å²) >= 11 is 8.02. The lowest BCUT2D eigenvalue weighted by atomic mass is 9.75. The van der Waals surface area contributed by atoms with E-state index in [1.165, 1.54) is 4.68 Å². The third kappa shape index (κ3) is 2.47. The van der Waals surface area contributed by atoms with Gasteiger partial charge < -0.3 is 4.74 Å². The summed E-state index contributed by atoms with van der Waals surface area (Å²) in [7, 11) is 0. The third-order valence-electron chi connectivity index (χ3n) is 3.70. The van der Waals surface area contributed by atoms with Crippen molar-refractivity contribution in [2.45, 2.75) is 44.5 Å². The Bertz CT molecular complexity index is 743. The fourth-order valence-electron chi connectivity index (χ4n) is 2.66. The van der Waals surface area contributed by atoms with Crippen LogP contribution in [0.2, 0.25) is 5.15 Å². The van der Waals surface area contributed by atoms with Crippen molar-refractivity contribution in [3.63, 3.8) is 0 Å². The predicted octanol–water partition coefficient (Wildman–Crippen LogP) is 3.47. The second kappa shape index (κ2) is 5.59. The van der Waals surface area contributed by atoms with Crippen LogP contribution in [0.3, 0.4) is 0 Å². The van der Waals surface area contributed by atoms with Crippen LogP contribution in [0.5, 0.6) is 0 Å². The van der Waals surface area contributed by atoms with Gasteiger partial charge in [0.2, 0.25) is 0 Å². The lowest BCUT2D eigenvalue weighted by Crippen LogP contribution is -2.55. The first-order valence-corrected chi connectivity index (χ1v) is 8.35. The van der Waals surface area contributed by atoms with Crippen LogP contribution >= 0.6 is 34.2 Å². The van der Waals surface area contributed by atoms with E-state index in [1.54, 1.807) is 26.0 Å². The summed E-state index contributed by atoms with van der Waals surface area (Å²) in [5.41, 5.74) is -0.659. The molecule has 2 heterocycles. The number of hydrogen-bond donors (Lipinski definition) is 0. The first-order chi connectivity index (χ1) is 10.3. The molecule has 0 saturated heterocycles. The molecule has 0 atom stereocenters. The van der Waals surface area contributed by atoms with Crippen molar-refractivity contribution < 1.29 is 13.9 Å². The number of carbonyl (C=O) groups is 1. The summed E-state index contributed by atoms with van der Waals surface area (Å²) in [4.78, 5) is 16.8. The van der Waals surface area contributed by atoms with Gasteiger partial charge in [-0.05, 0) is 48.6 Å². The molecule has 0 aliphatic heterocycles. The average molecular weight is 438 g/mol. The summed E-state index contributed by atoms with van der Waals surface area (Å²) in [5.74, 6) is -0.473. The largest absolute Gasteiger partial charge is 0.461 e. The van der Waals surface area contributed by atoms with Gasteiger partial charge in [-0.1, -0.05) is 11.6 Å². The summed E-state index contributed by atoms with van der Waals surface area (Å²) in [6, 6.07) is 3.46. The number of alkyl halides is 1. The molecule has 118 valence electrons. The highest BCUT2D eigenvalue weighted by molar-refractivity contribution is 14.1. The highest BCUT2D eigenvalue weighted by Gasteiger charge is 2.55. The molecule has 0 aromatic carbocycles. The van der Waals surface area contributed by atoms with E-state index in [4.69, 9.17) is 16.3 Å². The quantitative estimate of drug-likeness (QED) is 0.419. The van der Waals surface area contributed by atoms with Crippen molar-refractivity contribution in [1.29, 1.82) is 0 Å². The van der Waals surface area contributed by atoms with Crippen molar-refractivity contribution in [3.8, 4) is 0 Å². The number of ether oxygens (including phenoxy) is 1. The van der Waals surface area contributed by atoms with Gasteiger partial charge in [0.25, 0.3) is 0 Å². The van der Waals surface area contributed by atoms with E-state index < -0.39 is 17.7 Å². The maximum Gasteiger partial charge on any atom is 0.334 e. The van der Waals surface area contributed by atoms with Gasteiger partial charge in [0, 0.05) is 12.8 Å². The third-order valence-corrected chi connectivity index (χ3v) is 4.71. The van der Waals surface area contributed by atoms with Crippen LogP contribution in [0.25, 0.3) is 11.0 Å². The number of hydrogen-bond acceptors (Lipinski definition) is 4. The fourth-order valence-corrected chi connectivity index (χ4v) is 3.44. The maximum atomic E-state index is 13.6. The van der Waals surface area contributed by atoms with E-state index in [-0.39, 0.29) is 18.9 Å². The van der Waals surface area contributed by atoms with Gasteiger partial charge in [-0.2, -0.15) is 5.10 Å². The Morgan fingerprint density at radius 2 is 2.23 bits per heavy atom. The Hall–Kier alpha value is -0.960. The van der Waals surface area contributed by atoms with Crippen LogP contribution in [-0.4, -0.2) is 33.0 Å². The smallest absolute Gasteiger partial charge is 0.334 e. The van der Waals surface area contributed by atoms with Crippen molar-refractivity contribution in [1.82, 2.24) is 14.8 Å². The lowest BCUT2D eigenvalue weighted by molar-refractivity contribution is -0.168. The molecule has 0 bridgehead atoms. The number of halogens is 3. The standard InChI is InChI=1S/C14H14ClFIN3O2/c1-7(2)22-13(21)14(5-8(16)6-14)20-12-9(11(17)19-20)3-4-10(15)18-12/h3-4,7-8H,5-6H2,1-2H3. The molecule has 0 N–H and O–H groups in total. The van der Waals surface area contributed by atoms with Crippen molar-refractivity contribution in [2.24, 2.45) is 0 Å². The molecule has 5 nitrogen and oxygen atoms in total. The molecule has 8 heteroatoms. The van der Waals surface area contributed by atoms with Crippen LogP contribution < -0.4 is 0 Å². The molecular weight excluding hydrogens is 424 g/mol. The molecule has 0 amide bonds. The van der Waals surface area contributed by atoms with E-state index in [1.807, 2.05) is 0 Å². The second-order valence-corrected chi connectivity index (χ2v) is 7.11. The topological polar surface area (TPSA) is 57.0 Å². The number of aromatic nitrogens is 3. The molecule has 0 radical (unpaired) electrons. The van der Waals surface area contributed by atoms with E-state index in [0.717, 1.165) is 5.39 Å². The zero-order valence-electron chi connectivity index (χ0n) is 12.0. The molecule has 0 unspecified atom stereocenters. The molecule has 1 aliphatic rings. The minimum Gasteiger partial charge on any atom is -0.461 e. The Labute approximate surface area is 145 Å². The number of pyridine rings is 1. The van der Waals surface area contributed by atoms with E-state index in [2.05, 4.69) is 32.7 Å². The first kappa shape index (κ1) is 15.9. The molecule has 2 aromatic rings. The van der Waals surface area contributed by atoms with Crippen molar-refractivity contribution in [3.05, 3.63) is 21.0 Å². The van der Waals surface area contributed by atoms with Gasteiger partial charge in [-0.3, -0.25) is 0 Å². The van der Waals surface area contributed by atoms with Crippen LogP contribution in [0.15, 0.2) is 12.1 Å². The molecule has 1 aliphatic carbocycles. The lowest BCUT2D eigenvalue weighted by Gasteiger charge is -2.42. The minimum absolute atomic E-state index is 0.0413. The molecular formula is C14H14ClFIN3O2. The van der Waals surface area contributed by atoms with Crippen molar-refractivity contribution in [2.75, 3.05) is 0 Å². The van der Waals surface area contributed by atoms with Crippen LogP contribution in [0.4, 0.5) is 4.39 Å². The Morgan fingerprint density at radius 3 is 2.82 bits per heavy atom. The van der Waals surface area contributed by atoms with Gasteiger partial charge in [-0.25, -0.2) is 18.9 Å². The predicted molar refractivity (Wildman–Crippen MR) is 88.6 cm³/mol. The number of rotatable bonds is 3. The molecule has 2 aromatic heterocycles. The zero-order chi connectivity index (χ0) is 16.1. The maximum absolute atomic E-state index is 13.6. The summed E-state index contributed by atoms with van der Waals surface area (Å²) in [5, 5.41) is 5.48. The Balaban J connectivity index is 2.14. The SMILES string of the molecule is CC(C)OC(=O)C1(n2nc(I)c3ccc(Cl)nc32)CC(F)C1. The summed E-state index contributed by atoms with van der Waals surface area (Å²) in [6.07, 6.45) is -1.24. The van der Waals surface area contributed by atoms with Gasteiger partial charge >= 0.3 is 5.97 Å². The van der Waals surface area contributed by atoms with Crippen LogP contribution in [0, 0.1) is 3.70 Å². The number of esters is 1. The number of carbonyl (C=O) groups excluding carboxylic acids is 1. The molecule has 3 rings (SSSR count). The number of fused-ring (bicyclic) bond motifs is 1. The normalized spacial score (nSPS) is 24.5. The minimum atomic E-state index is -1.14. The summed E-state index contributed by atoms with van der Waals surface area (Å²) in [6.45, 7) is 3.52. The molecule has 1 fully saturated rings. The highest BCUT2D eigenvalue weighted by atomic mass is 127. The molecule has 0 spiro atoms. The van der Waals surface area contributed by atoms with Crippen LogP contribution in [-0.2, 0) is 15.1 Å². The average Bonchev–Trinajstić information content (AvgIpc) is 2.71. The number of nitrogens with zero attached hydrogens (tertiary/aromatic N) is 3. The molecule has 1 saturated carbocycles. The Kier molecular flexibility index (Phi) is 4.05. The van der Waals surface area contributed by atoms with E-state index in [9.17, 15) is 9.18 Å². The van der Waals surface area contributed by atoms with E-state index in [0.29, 0.717) is 14.5 Å². The Morgan fingerprint density at radius 1 is 1.55 bits per heavy atom. The van der Waals surface area contributed by atoms with E-state index >= 15 is 0 Å². The second-order valence-electron chi connectivity index (χ2n) is 5.70. The highest BCUT2D eigenvalue weighted by Crippen LogP contribution is 2.44. The fraction of sp³-hybridized carbons (Fsp3) is 0.500. The van der Waals surface area contributed by atoms with Gasteiger partial charge in [0.1, 0.15) is 15.0 Å². The van der Waals surface area contributed by atoms with Gasteiger partial charge in [0.05, 0.1) is 11.5 Å². The van der Waals surface area contributed by atoms with Gasteiger partial charge in [0.15, 0.2) is 11.2 Å².